The molecule has 2 N–H and O–H groups in total. The summed E-state index contributed by atoms with van der Waals surface area (Å²) in [6, 6.07) is 4.80. The number of sulfonamides is 1. The molecule has 0 spiro atoms. The van der Waals surface area contributed by atoms with E-state index in [9.17, 15) is 12.8 Å². The third-order valence-electron chi connectivity index (χ3n) is 1.34. The van der Waals surface area contributed by atoms with E-state index < -0.39 is 15.8 Å². The predicted molar refractivity (Wildman–Crippen MR) is 40.9 cm³/mol. The van der Waals surface area contributed by atoms with Crippen LogP contribution in [0.3, 0.4) is 0 Å². The molecule has 1 aromatic rings. The SMILES string of the molecule is [CH2-][NH2+]S(=O)(=O)c1cccc(F)c1. The molecule has 0 heterocycles. The van der Waals surface area contributed by atoms with Gasteiger partial charge in [-0.3, -0.25) is 0 Å². The molecule has 0 aliphatic carbocycles. The Hall–Kier alpha value is -0.940. The summed E-state index contributed by atoms with van der Waals surface area (Å²) in [6.07, 6.45) is 0. The average Bonchev–Trinajstić information content (AvgIpc) is 2.05. The highest BCUT2D eigenvalue weighted by atomic mass is 32.2. The normalized spacial score (nSPS) is 11.5. The Labute approximate surface area is 70.3 Å². The summed E-state index contributed by atoms with van der Waals surface area (Å²) >= 11 is 0. The fraction of sp³-hybridized carbons (Fsp3) is 0. The first-order valence-electron chi connectivity index (χ1n) is 3.19. The van der Waals surface area contributed by atoms with Crippen LogP contribution >= 0.6 is 0 Å². The van der Waals surface area contributed by atoms with Crippen LogP contribution < -0.4 is 4.72 Å². The van der Waals surface area contributed by atoms with Crippen molar-refractivity contribution in [2.75, 3.05) is 0 Å². The molecular formula is C7H8FNO2S. The maximum absolute atomic E-state index is 12.5. The number of nitrogens with two attached hydrogens (primary N) is 1. The molecule has 0 saturated heterocycles. The molecule has 5 heteroatoms. The van der Waals surface area contributed by atoms with Gasteiger partial charge in [-0.05, 0) is 18.2 Å². The Morgan fingerprint density at radius 2 is 2.08 bits per heavy atom. The molecule has 0 unspecified atom stereocenters. The summed E-state index contributed by atoms with van der Waals surface area (Å²) in [5, 5.41) is 0. The van der Waals surface area contributed by atoms with Crippen molar-refractivity contribution in [2.24, 2.45) is 0 Å². The molecule has 0 aromatic heterocycles. The van der Waals surface area contributed by atoms with Crippen LogP contribution in [0.4, 0.5) is 4.39 Å². The van der Waals surface area contributed by atoms with Gasteiger partial charge in [-0.2, -0.15) is 8.42 Å². The van der Waals surface area contributed by atoms with E-state index in [0.717, 1.165) is 10.8 Å². The van der Waals surface area contributed by atoms with Crippen molar-refractivity contribution < 1.29 is 17.5 Å². The van der Waals surface area contributed by atoms with Gasteiger partial charge in [-0.15, -0.1) is 7.05 Å². The molecule has 1 aromatic carbocycles. The Morgan fingerprint density at radius 3 is 2.58 bits per heavy atom. The molecule has 3 nitrogen and oxygen atoms in total. The molecule has 0 aliphatic heterocycles. The van der Waals surface area contributed by atoms with Crippen molar-refractivity contribution in [3.05, 3.63) is 37.1 Å². The van der Waals surface area contributed by atoms with Gasteiger partial charge in [-0.25, -0.2) is 4.39 Å². The fourth-order valence-electron chi connectivity index (χ4n) is 0.740. The molecule has 0 fully saturated rings. The van der Waals surface area contributed by atoms with E-state index in [-0.39, 0.29) is 4.90 Å². The second kappa shape index (κ2) is 3.20. The van der Waals surface area contributed by atoms with Crippen LogP contribution in [-0.4, -0.2) is 8.42 Å². The van der Waals surface area contributed by atoms with Crippen LogP contribution in [0, 0.1) is 12.9 Å². The third-order valence-corrected chi connectivity index (χ3v) is 2.69. The topological polar surface area (TPSA) is 50.8 Å². The highest BCUT2D eigenvalue weighted by Crippen LogP contribution is 2.06. The molecule has 0 radical (unpaired) electrons. The van der Waals surface area contributed by atoms with E-state index in [1.165, 1.54) is 18.2 Å². The van der Waals surface area contributed by atoms with Gasteiger partial charge in [-0.1, -0.05) is 6.07 Å². The van der Waals surface area contributed by atoms with Gasteiger partial charge in [0.25, 0.3) is 10.0 Å². The van der Waals surface area contributed by atoms with Crippen molar-refractivity contribution >= 4 is 10.0 Å². The van der Waals surface area contributed by atoms with E-state index in [2.05, 4.69) is 7.05 Å². The molecular weight excluding hydrogens is 181 g/mol. The van der Waals surface area contributed by atoms with Crippen LogP contribution in [0.1, 0.15) is 0 Å². The molecule has 66 valence electrons. The molecule has 0 atom stereocenters. The van der Waals surface area contributed by atoms with E-state index in [1.54, 1.807) is 0 Å². The summed E-state index contributed by atoms with van der Waals surface area (Å²) in [5.41, 5.74) is 0. The Morgan fingerprint density at radius 1 is 1.42 bits per heavy atom. The fourth-order valence-corrected chi connectivity index (χ4v) is 1.48. The summed E-state index contributed by atoms with van der Waals surface area (Å²) in [5.74, 6) is -0.571. The van der Waals surface area contributed by atoms with Crippen LogP contribution in [-0.2, 0) is 10.0 Å². The molecule has 1 rings (SSSR count). The lowest BCUT2D eigenvalue weighted by Crippen LogP contribution is -2.80. The zero-order valence-corrected chi connectivity index (χ0v) is 7.01. The maximum Gasteiger partial charge on any atom is 0.299 e. The van der Waals surface area contributed by atoms with Crippen molar-refractivity contribution in [3.8, 4) is 0 Å². The van der Waals surface area contributed by atoms with Crippen LogP contribution in [0.5, 0.6) is 0 Å². The van der Waals surface area contributed by atoms with Crippen LogP contribution in [0.2, 0.25) is 0 Å². The van der Waals surface area contributed by atoms with E-state index >= 15 is 0 Å². The first-order chi connectivity index (χ1) is 5.56. The number of benzene rings is 1. The molecule has 0 aliphatic rings. The highest BCUT2D eigenvalue weighted by Gasteiger charge is 2.12. The quantitative estimate of drug-likeness (QED) is 0.659. The van der Waals surface area contributed by atoms with Crippen molar-refractivity contribution in [1.29, 1.82) is 0 Å². The lowest BCUT2D eigenvalue weighted by Gasteiger charge is -2.01. The number of primary sulfonamides is 1. The summed E-state index contributed by atoms with van der Waals surface area (Å²) < 4.78 is 35.5. The lowest BCUT2D eigenvalue weighted by atomic mass is 10.4. The van der Waals surface area contributed by atoms with E-state index in [0.29, 0.717) is 0 Å². The number of quaternary nitrogens is 1. The number of hydrogen-bond donors (Lipinski definition) is 1. The molecule has 0 amide bonds. The molecule has 0 saturated carbocycles. The molecule has 12 heavy (non-hydrogen) atoms. The minimum absolute atomic E-state index is 0.0718. The van der Waals surface area contributed by atoms with Crippen LogP contribution in [0.15, 0.2) is 29.2 Å². The van der Waals surface area contributed by atoms with Gasteiger partial charge in [0, 0.05) is 0 Å². The van der Waals surface area contributed by atoms with Crippen molar-refractivity contribution in [3.63, 3.8) is 0 Å². The third kappa shape index (κ3) is 1.80. The second-order valence-corrected chi connectivity index (χ2v) is 4.06. The Bertz CT molecular complexity index is 375. The first-order valence-corrected chi connectivity index (χ1v) is 4.74. The van der Waals surface area contributed by atoms with Gasteiger partial charge in [0.15, 0.2) is 0 Å². The van der Waals surface area contributed by atoms with Gasteiger partial charge in [0.2, 0.25) is 0 Å². The number of rotatable bonds is 2. The van der Waals surface area contributed by atoms with E-state index in [4.69, 9.17) is 0 Å². The number of halogens is 1. The zero-order valence-electron chi connectivity index (χ0n) is 6.20. The summed E-state index contributed by atoms with van der Waals surface area (Å²) in [6.45, 7) is 0. The van der Waals surface area contributed by atoms with Crippen LogP contribution in [0.25, 0.3) is 0 Å². The lowest BCUT2D eigenvalue weighted by molar-refractivity contribution is -0.424. The standard InChI is InChI=1S/C7H8FNO2S/c1-9-12(10,11)7-4-2-3-6(8)5-7/h2-5H,1,9H2. The van der Waals surface area contributed by atoms with Gasteiger partial charge in [0.1, 0.15) is 10.7 Å². The largest absolute Gasteiger partial charge is 0.367 e. The van der Waals surface area contributed by atoms with Gasteiger partial charge >= 0.3 is 0 Å². The zero-order chi connectivity index (χ0) is 9.19. The van der Waals surface area contributed by atoms with Crippen molar-refractivity contribution in [2.45, 2.75) is 4.90 Å². The number of hydrogen-bond acceptors (Lipinski definition) is 2. The summed E-state index contributed by atoms with van der Waals surface area (Å²) in [7, 11) is -0.369. The average molecular weight is 189 g/mol. The Balaban J connectivity index is 3.21. The highest BCUT2D eigenvalue weighted by molar-refractivity contribution is 7.84. The van der Waals surface area contributed by atoms with Gasteiger partial charge in [0.05, 0.1) is 0 Å². The van der Waals surface area contributed by atoms with Crippen molar-refractivity contribution in [1.82, 2.24) is 0 Å². The second-order valence-electron chi connectivity index (χ2n) is 2.17. The predicted octanol–water partition coefficient (Wildman–Crippen LogP) is -0.131. The smallest absolute Gasteiger partial charge is 0.299 e. The minimum atomic E-state index is -3.50. The summed E-state index contributed by atoms with van der Waals surface area (Å²) in [4.78, 5) is -0.0718. The monoisotopic (exact) mass is 189 g/mol. The van der Waals surface area contributed by atoms with Gasteiger partial charge < -0.3 is 4.72 Å². The Kier molecular flexibility index (Phi) is 2.44. The maximum atomic E-state index is 12.5. The minimum Gasteiger partial charge on any atom is -0.367 e. The molecule has 0 bridgehead atoms. The van der Waals surface area contributed by atoms with E-state index in [1.807, 2.05) is 0 Å². The first kappa shape index (κ1) is 9.15.